The van der Waals surface area contributed by atoms with E-state index in [1.807, 2.05) is 27.2 Å². The summed E-state index contributed by atoms with van der Waals surface area (Å²) in [7, 11) is 1.22. The van der Waals surface area contributed by atoms with Gasteiger partial charge < -0.3 is 28.8 Å². The van der Waals surface area contributed by atoms with Crippen molar-refractivity contribution in [3.05, 3.63) is 85.1 Å². The van der Waals surface area contributed by atoms with E-state index in [0.717, 1.165) is 77.0 Å². The average Bonchev–Trinajstić information content (AvgIpc) is 3.21. The summed E-state index contributed by atoms with van der Waals surface area (Å²) in [4.78, 5) is 25.3. The van der Waals surface area contributed by atoms with Crippen LogP contribution in [0.25, 0.3) is 0 Å². The molecule has 0 rings (SSSR count). The summed E-state index contributed by atoms with van der Waals surface area (Å²) in [6, 6.07) is -0.911. The number of amides is 1. The molecule has 0 aromatic rings. The molecule has 0 aliphatic carbocycles. The lowest BCUT2D eigenvalue weighted by molar-refractivity contribution is -0.870. The molecule has 0 radical (unpaired) electrons. The molecule has 61 heavy (non-hydrogen) atoms. The Bertz CT molecular complexity index is 1260. The molecule has 0 heterocycles. The largest absolute Gasteiger partial charge is 0.756 e. The highest BCUT2D eigenvalue weighted by Gasteiger charge is 2.23. The Balaban J connectivity index is 4.11. The van der Waals surface area contributed by atoms with Gasteiger partial charge in [0.05, 0.1) is 39.9 Å². The minimum Gasteiger partial charge on any atom is -0.756 e. The van der Waals surface area contributed by atoms with Crippen molar-refractivity contribution < 1.29 is 32.9 Å². The highest BCUT2D eigenvalue weighted by molar-refractivity contribution is 7.45. The first-order valence-corrected chi connectivity index (χ1v) is 25.9. The van der Waals surface area contributed by atoms with Crippen LogP contribution in [-0.2, 0) is 18.4 Å². The standard InChI is InChI=1S/C52H93N2O6P/c1-6-8-10-12-14-16-18-19-20-21-22-23-24-25-26-27-28-29-30-31-32-33-34-35-36-38-40-42-44-46-52(56)53-50(49-60-61(57,58)59-48-47-54(3,4)5)51(55)45-43-41-39-37-17-15-13-11-9-7-2/h8-11,14,16-17,19-20,22-23,37,43,45,50-51,55H,6-7,12-13,15,18,21,24-36,38-42,44,46-49H2,1-5H3,(H-,53,56,57,58)/b10-8-,11-9+,16-14-,20-19-,23-22-,37-17+,45-43+. The van der Waals surface area contributed by atoms with Gasteiger partial charge >= 0.3 is 0 Å². The monoisotopic (exact) mass is 873 g/mol. The third-order valence-electron chi connectivity index (χ3n) is 10.3. The van der Waals surface area contributed by atoms with Gasteiger partial charge in [0.15, 0.2) is 0 Å². The molecule has 0 saturated heterocycles. The minimum absolute atomic E-state index is 0.0121. The number of carbonyl (C=O) groups excluding carboxylic acids is 1. The van der Waals surface area contributed by atoms with Crippen LogP contribution in [0.5, 0.6) is 0 Å². The number of aliphatic hydroxyl groups is 1. The first kappa shape index (κ1) is 58.7. The predicted molar refractivity (Wildman–Crippen MR) is 260 cm³/mol. The van der Waals surface area contributed by atoms with Crippen LogP contribution in [0.1, 0.15) is 187 Å². The Morgan fingerprint density at radius 3 is 1.46 bits per heavy atom. The maximum Gasteiger partial charge on any atom is 0.268 e. The lowest BCUT2D eigenvalue weighted by Crippen LogP contribution is -2.45. The van der Waals surface area contributed by atoms with E-state index in [0.29, 0.717) is 17.4 Å². The van der Waals surface area contributed by atoms with Gasteiger partial charge in [-0.1, -0.05) is 189 Å². The van der Waals surface area contributed by atoms with Crippen LogP contribution >= 0.6 is 7.82 Å². The zero-order valence-corrected chi connectivity index (χ0v) is 40.7. The second-order valence-electron chi connectivity index (χ2n) is 17.4. The molecular weight excluding hydrogens is 780 g/mol. The summed E-state index contributed by atoms with van der Waals surface area (Å²) in [5, 5.41) is 13.7. The fourth-order valence-electron chi connectivity index (χ4n) is 6.54. The van der Waals surface area contributed by atoms with Gasteiger partial charge in [0.25, 0.3) is 7.82 Å². The number of unbranched alkanes of at least 4 members (excludes halogenated alkanes) is 18. The van der Waals surface area contributed by atoms with Crippen molar-refractivity contribution in [1.82, 2.24) is 5.32 Å². The number of phosphoric ester groups is 1. The number of nitrogens with one attached hydrogen (secondary N) is 1. The van der Waals surface area contributed by atoms with E-state index in [2.05, 4.69) is 92.1 Å². The number of hydrogen-bond donors (Lipinski definition) is 2. The van der Waals surface area contributed by atoms with Crippen molar-refractivity contribution in [1.29, 1.82) is 0 Å². The lowest BCUT2D eigenvalue weighted by Gasteiger charge is -2.29. The van der Waals surface area contributed by atoms with Crippen molar-refractivity contribution in [2.45, 2.75) is 199 Å². The normalized spacial score (nSPS) is 14.9. The van der Waals surface area contributed by atoms with Crippen LogP contribution in [0.2, 0.25) is 0 Å². The second kappa shape index (κ2) is 43.0. The number of carbonyl (C=O) groups is 1. The molecule has 0 saturated carbocycles. The van der Waals surface area contributed by atoms with Crippen LogP contribution < -0.4 is 10.2 Å². The van der Waals surface area contributed by atoms with Crippen molar-refractivity contribution >= 4 is 13.7 Å². The zero-order chi connectivity index (χ0) is 45.0. The second-order valence-corrected chi connectivity index (χ2v) is 18.8. The Morgan fingerprint density at radius 2 is 0.967 bits per heavy atom. The average molecular weight is 873 g/mol. The Kier molecular flexibility index (Phi) is 41.3. The van der Waals surface area contributed by atoms with Crippen LogP contribution in [0.3, 0.4) is 0 Å². The van der Waals surface area contributed by atoms with Crippen molar-refractivity contribution in [2.75, 3.05) is 40.9 Å². The quantitative estimate of drug-likeness (QED) is 0.0273. The predicted octanol–water partition coefficient (Wildman–Crippen LogP) is 13.5. The van der Waals surface area contributed by atoms with Crippen LogP contribution in [-0.4, -0.2) is 68.5 Å². The van der Waals surface area contributed by atoms with Gasteiger partial charge in [0.2, 0.25) is 5.91 Å². The highest BCUT2D eigenvalue weighted by Crippen LogP contribution is 2.38. The molecule has 0 fully saturated rings. The number of phosphoric acid groups is 1. The number of hydrogen-bond acceptors (Lipinski definition) is 6. The molecule has 3 unspecified atom stereocenters. The summed E-state index contributed by atoms with van der Waals surface area (Å²) in [6.45, 7) is 4.36. The molecule has 8 nitrogen and oxygen atoms in total. The van der Waals surface area contributed by atoms with E-state index >= 15 is 0 Å². The van der Waals surface area contributed by atoms with Gasteiger partial charge in [-0.15, -0.1) is 0 Å². The molecule has 0 aliphatic rings. The van der Waals surface area contributed by atoms with E-state index in [9.17, 15) is 19.4 Å². The first-order valence-electron chi connectivity index (χ1n) is 24.4. The topological polar surface area (TPSA) is 108 Å². The SMILES string of the molecule is CC/C=C\C/C=C\C/C=C\C/C=C\CCCCCCCCCCCCCCCCCCC(=O)NC(COP(=O)([O-])OCC[N+](C)(C)C)C(O)/C=C/CC/C=C/CC/C=C/CC. The molecule has 0 aliphatic heterocycles. The van der Waals surface area contributed by atoms with E-state index in [4.69, 9.17) is 9.05 Å². The van der Waals surface area contributed by atoms with Gasteiger partial charge in [-0.2, -0.15) is 0 Å². The molecule has 0 bridgehead atoms. The molecule has 1 amide bonds. The lowest BCUT2D eigenvalue weighted by atomic mass is 10.0. The van der Waals surface area contributed by atoms with Gasteiger partial charge in [0.1, 0.15) is 13.2 Å². The van der Waals surface area contributed by atoms with E-state index in [-0.39, 0.29) is 12.5 Å². The summed E-state index contributed by atoms with van der Waals surface area (Å²) in [6.07, 6.45) is 59.5. The van der Waals surface area contributed by atoms with Gasteiger partial charge in [-0.25, -0.2) is 0 Å². The van der Waals surface area contributed by atoms with Gasteiger partial charge in [-0.05, 0) is 77.0 Å². The number of aliphatic hydroxyl groups excluding tert-OH is 1. The molecule has 2 N–H and O–H groups in total. The number of rotatable bonds is 43. The fraction of sp³-hybridized carbons (Fsp3) is 0.712. The van der Waals surface area contributed by atoms with Crippen molar-refractivity contribution in [2.24, 2.45) is 0 Å². The summed E-state index contributed by atoms with van der Waals surface area (Å²) < 4.78 is 23.1. The van der Waals surface area contributed by atoms with Gasteiger partial charge in [0, 0.05) is 6.42 Å². The first-order chi connectivity index (χ1) is 29.5. The number of quaternary nitrogens is 1. The van der Waals surface area contributed by atoms with Crippen LogP contribution in [0.15, 0.2) is 85.1 Å². The molecule has 0 spiro atoms. The molecule has 0 aromatic heterocycles. The Labute approximate surface area is 376 Å². The summed E-state index contributed by atoms with van der Waals surface area (Å²) >= 11 is 0. The summed E-state index contributed by atoms with van der Waals surface area (Å²) in [5.74, 6) is -0.217. The molecule has 352 valence electrons. The Hall–Kier alpha value is -2.32. The van der Waals surface area contributed by atoms with E-state index in [1.54, 1.807) is 6.08 Å². The molecular formula is C52H93N2O6P. The van der Waals surface area contributed by atoms with Crippen LogP contribution in [0, 0.1) is 0 Å². The number of allylic oxidation sites excluding steroid dienone is 13. The van der Waals surface area contributed by atoms with Crippen molar-refractivity contribution in [3.8, 4) is 0 Å². The Morgan fingerprint density at radius 1 is 0.574 bits per heavy atom. The smallest absolute Gasteiger partial charge is 0.268 e. The summed E-state index contributed by atoms with van der Waals surface area (Å²) in [5.41, 5.74) is 0. The van der Waals surface area contributed by atoms with Crippen molar-refractivity contribution in [3.63, 3.8) is 0 Å². The fourth-order valence-corrected chi connectivity index (χ4v) is 7.26. The zero-order valence-electron chi connectivity index (χ0n) is 39.8. The van der Waals surface area contributed by atoms with Crippen LogP contribution in [0.4, 0.5) is 0 Å². The third-order valence-corrected chi connectivity index (χ3v) is 11.3. The minimum atomic E-state index is -4.60. The van der Waals surface area contributed by atoms with Gasteiger partial charge in [-0.3, -0.25) is 9.36 Å². The molecule has 0 aromatic carbocycles. The van der Waals surface area contributed by atoms with E-state index < -0.39 is 26.6 Å². The number of likely N-dealkylation sites (N-methyl/N-ethyl adjacent to an activating group) is 1. The molecule has 9 heteroatoms. The maximum absolute atomic E-state index is 12.9. The van der Waals surface area contributed by atoms with E-state index in [1.165, 1.54) is 89.9 Å². The molecule has 3 atom stereocenters. The third kappa shape index (κ3) is 45.5. The highest BCUT2D eigenvalue weighted by atomic mass is 31.2. The number of nitrogens with zero attached hydrogens (tertiary/aromatic N) is 1. The maximum atomic E-state index is 12.9.